The summed E-state index contributed by atoms with van der Waals surface area (Å²) in [5.74, 6) is -2.60. The third-order valence-corrected chi connectivity index (χ3v) is 4.82. The first-order valence-corrected chi connectivity index (χ1v) is 8.41. The van der Waals surface area contributed by atoms with E-state index in [1.165, 1.54) is 13.0 Å². The summed E-state index contributed by atoms with van der Waals surface area (Å²) in [6.45, 7) is 1.08. The van der Waals surface area contributed by atoms with Gasteiger partial charge in [0.1, 0.15) is 28.7 Å². The molecule has 3 amide bonds. The molecule has 28 heavy (non-hydrogen) atoms. The van der Waals surface area contributed by atoms with Gasteiger partial charge in [-0.2, -0.15) is 0 Å². The Morgan fingerprint density at radius 3 is 2.71 bits per heavy atom. The lowest BCUT2D eigenvalue weighted by Gasteiger charge is -2.24. The number of rotatable bonds is 3. The molecule has 2 aliphatic rings. The molecule has 2 heterocycles. The minimum atomic E-state index is -1.79. The second kappa shape index (κ2) is 6.52. The van der Waals surface area contributed by atoms with Crippen LogP contribution in [-0.4, -0.2) is 23.6 Å². The number of hydrogen-bond donors (Lipinski definition) is 1. The van der Waals surface area contributed by atoms with Crippen molar-refractivity contribution in [2.45, 2.75) is 25.6 Å². The van der Waals surface area contributed by atoms with Gasteiger partial charge >= 0.3 is 6.03 Å². The van der Waals surface area contributed by atoms with E-state index in [9.17, 15) is 22.8 Å². The van der Waals surface area contributed by atoms with E-state index < -0.39 is 34.9 Å². The molecule has 146 valence electrons. The van der Waals surface area contributed by atoms with Crippen LogP contribution in [0.4, 0.5) is 18.0 Å². The van der Waals surface area contributed by atoms with Gasteiger partial charge in [0, 0.05) is 16.7 Å². The first-order chi connectivity index (χ1) is 13.3. The molecule has 1 unspecified atom stereocenters. The number of nitrogens with zero attached hydrogens (tertiary/aromatic N) is 1. The Kier molecular flexibility index (Phi) is 4.26. The first-order valence-electron chi connectivity index (χ1n) is 8.41. The van der Waals surface area contributed by atoms with Crippen molar-refractivity contribution in [3.63, 3.8) is 0 Å². The molecule has 1 N–H and O–H groups in total. The van der Waals surface area contributed by atoms with Crippen LogP contribution in [0.2, 0.25) is 0 Å². The number of urea groups is 1. The highest BCUT2D eigenvalue weighted by atomic mass is 19.1. The van der Waals surface area contributed by atoms with E-state index >= 15 is 0 Å². The van der Waals surface area contributed by atoms with E-state index in [-0.39, 0.29) is 31.1 Å². The summed E-state index contributed by atoms with van der Waals surface area (Å²) in [5.41, 5.74) is -1.36. The van der Waals surface area contributed by atoms with Crippen molar-refractivity contribution in [3.8, 4) is 5.75 Å². The van der Waals surface area contributed by atoms with Crippen molar-refractivity contribution in [1.29, 1.82) is 0 Å². The van der Waals surface area contributed by atoms with E-state index in [0.717, 1.165) is 29.2 Å². The van der Waals surface area contributed by atoms with Gasteiger partial charge in [0.25, 0.3) is 5.91 Å². The summed E-state index contributed by atoms with van der Waals surface area (Å²) in [5, 5.41) is 2.40. The summed E-state index contributed by atoms with van der Waals surface area (Å²) in [6, 6.07) is 4.26. The Morgan fingerprint density at radius 1 is 1.14 bits per heavy atom. The molecule has 1 saturated heterocycles. The minimum absolute atomic E-state index is 0.0437. The standard InChI is InChI=1S/C19H15F3N2O4/c1-19(14-6-12(20)2-3-15(14)22)17(25)24(18(26)23-19)7-10-4-13(21)5-11-8-27-9-28-16(10)11/h2-6H,7-9H2,1H3,(H,23,26). The van der Waals surface area contributed by atoms with Crippen molar-refractivity contribution in [3.05, 3.63) is 64.5 Å². The zero-order valence-corrected chi connectivity index (χ0v) is 14.7. The van der Waals surface area contributed by atoms with E-state index in [1.54, 1.807) is 0 Å². The fourth-order valence-corrected chi connectivity index (χ4v) is 3.45. The molecule has 0 spiro atoms. The quantitative estimate of drug-likeness (QED) is 0.816. The maximum absolute atomic E-state index is 14.2. The molecule has 0 saturated carbocycles. The molecule has 1 atom stereocenters. The molecular weight excluding hydrogens is 377 g/mol. The molecule has 2 aliphatic heterocycles. The number of hydrogen-bond acceptors (Lipinski definition) is 4. The van der Waals surface area contributed by atoms with Crippen LogP contribution >= 0.6 is 0 Å². The third-order valence-electron chi connectivity index (χ3n) is 4.82. The lowest BCUT2D eigenvalue weighted by atomic mass is 9.91. The number of fused-ring (bicyclic) bond motifs is 1. The van der Waals surface area contributed by atoms with Gasteiger partial charge in [-0.1, -0.05) is 0 Å². The van der Waals surface area contributed by atoms with E-state index in [1.807, 2.05) is 0 Å². The number of ether oxygens (including phenoxy) is 2. The summed E-state index contributed by atoms with van der Waals surface area (Å²) in [7, 11) is 0. The monoisotopic (exact) mass is 392 g/mol. The van der Waals surface area contributed by atoms with Gasteiger partial charge < -0.3 is 14.8 Å². The second-order valence-corrected chi connectivity index (χ2v) is 6.73. The molecule has 0 aliphatic carbocycles. The molecular formula is C19H15F3N2O4. The topological polar surface area (TPSA) is 67.9 Å². The van der Waals surface area contributed by atoms with Crippen LogP contribution in [0.5, 0.6) is 5.75 Å². The first kappa shape index (κ1) is 18.3. The van der Waals surface area contributed by atoms with Gasteiger partial charge in [0.05, 0.1) is 13.2 Å². The predicted octanol–water partition coefficient (Wildman–Crippen LogP) is 2.94. The lowest BCUT2D eigenvalue weighted by Crippen LogP contribution is -2.41. The molecule has 0 aromatic heterocycles. The van der Waals surface area contributed by atoms with E-state index in [2.05, 4.69) is 5.32 Å². The van der Waals surface area contributed by atoms with Crippen LogP contribution in [0.1, 0.15) is 23.6 Å². The summed E-state index contributed by atoms with van der Waals surface area (Å²) < 4.78 is 52.3. The Hall–Kier alpha value is -3.07. The van der Waals surface area contributed by atoms with Crippen LogP contribution in [-0.2, 0) is 28.2 Å². The second-order valence-electron chi connectivity index (χ2n) is 6.73. The zero-order chi connectivity index (χ0) is 20.1. The summed E-state index contributed by atoms with van der Waals surface area (Å²) in [4.78, 5) is 26.2. The average molecular weight is 392 g/mol. The van der Waals surface area contributed by atoms with Gasteiger partial charge in [0.15, 0.2) is 6.79 Å². The number of carbonyl (C=O) groups excluding carboxylic acids is 2. The van der Waals surface area contributed by atoms with Gasteiger partial charge in [0.2, 0.25) is 0 Å². The number of imide groups is 1. The van der Waals surface area contributed by atoms with Gasteiger partial charge in [-0.05, 0) is 37.3 Å². The zero-order valence-electron chi connectivity index (χ0n) is 14.7. The average Bonchev–Trinajstić information content (AvgIpc) is 2.87. The fraction of sp³-hybridized carbons (Fsp3) is 0.263. The van der Waals surface area contributed by atoms with Crippen LogP contribution < -0.4 is 10.1 Å². The molecule has 6 nitrogen and oxygen atoms in total. The minimum Gasteiger partial charge on any atom is -0.467 e. The molecule has 0 radical (unpaired) electrons. The van der Waals surface area contributed by atoms with Crippen LogP contribution in [0.25, 0.3) is 0 Å². The van der Waals surface area contributed by atoms with Crippen LogP contribution in [0.15, 0.2) is 30.3 Å². The largest absolute Gasteiger partial charge is 0.467 e. The van der Waals surface area contributed by atoms with Crippen molar-refractivity contribution in [2.75, 3.05) is 6.79 Å². The smallest absolute Gasteiger partial charge is 0.325 e. The lowest BCUT2D eigenvalue weighted by molar-refractivity contribution is -0.131. The van der Waals surface area contributed by atoms with Crippen molar-refractivity contribution < 1.29 is 32.2 Å². The Bertz CT molecular complexity index is 997. The Balaban J connectivity index is 1.69. The molecule has 2 aromatic carbocycles. The number of halogens is 3. The van der Waals surface area contributed by atoms with Gasteiger partial charge in [-0.25, -0.2) is 18.0 Å². The van der Waals surface area contributed by atoms with Crippen molar-refractivity contribution >= 4 is 11.9 Å². The van der Waals surface area contributed by atoms with Crippen molar-refractivity contribution in [1.82, 2.24) is 10.2 Å². The van der Waals surface area contributed by atoms with Crippen LogP contribution in [0.3, 0.4) is 0 Å². The fourth-order valence-electron chi connectivity index (χ4n) is 3.45. The summed E-state index contributed by atoms with van der Waals surface area (Å²) in [6.07, 6.45) is 0. The molecule has 1 fully saturated rings. The molecule has 9 heteroatoms. The van der Waals surface area contributed by atoms with Crippen molar-refractivity contribution in [2.24, 2.45) is 0 Å². The molecule has 4 rings (SSSR count). The van der Waals surface area contributed by atoms with Gasteiger partial charge in [-0.3, -0.25) is 9.69 Å². The van der Waals surface area contributed by atoms with Gasteiger partial charge in [-0.15, -0.1) is 0 Å². The van der Waals surface area contributed by atoms with Crippen LogP contribution in [0, 0.1) is 17.5 Å². The molecule has 0 bridgehead atoms. The summed E-state index contributed by atoms with van der Waals surface area (Å²) >= 11 is 0. The Morgan fingerprint density at radius 2 is 1.93 bits per heavy atom. The maximum atomic E-state index is 14.2. The highest BCUT2D eigenvalue weighted by Crippen LogP contribution is 2.35. The predicted molar refractivity (Wildman–Crippen MR) is 89.5 cm³/mol. The highest BCUT2D eigenvalue weighted by Gasteiger charge is 2.50. The highest BCUT2D eigenvalue weighted by molar-refractivity contribution is 6.07. The van der Waals surface area contributed by atoms with E-state index in [0.29, 0.717) is 11.3 Å². The third kappa shape index (κ3) is 2.88. The SMILES string of the molecule is CC1(c2cc(F)ccc2F)NC(=O)N(Cc2cc(F)cc3c2OCOC3)C1=O. The number of benzene rings is 2. The van der Waals surface area contributed by atoms with E-state index in [4.69, 9.17) is 9.47 Å². The Labute approximate surface area is 157 Å². The normalized spacial score (nSPS) is 21.4. The number of amides is 3. The number of nitrogens with one attached hydrogen (secondary N) is 1. The number of carbonyl (C=O) groups is 2. The molecule has 2 aromatic rings. The maximum Gasteiger partial charge on any atom is 0.325 e.